The first-order chi connectivity index (χ1) is 12.6. The number of esters is 1. The number of benzene rings is 1. The fraction of sp³-hybridized carbons (Fsp3) is 0.556. The molecule has 1 aliphatic rings. The van der Waals surface area contributed by atoms with E-state index in [2.05, 4.69) is 25.3 Å². The van der Waals surface area contributed by atoms with E-state index >= 15 is 0 Å². The van der Waals surface area contributed by atoms with Gasteiger partial charge in [-0.1, -0.05) is 12.1 Å². The molecule has 1 aliphatic heterocycles. The van der Waals surface area contributed by atoms with Crippen LogP contribution in [-0.2, 0) is 14.3 Å². The van der Waals surface area contributed by atoms with Crippen LogP contribution < -0.4 is 10.6 Å². The van der Waals surface area contributed by atoms with Crippen LogP contribution in [-0.4, -0.2) is 70.4 Å². The van der Waals surface area contributed by atoms with Crippen molar-refractivity contribution in [2.75, 3.05) is 53.6 Å². The number of methoxy groups -OCH3 is 1. The van der Waals surface area contributed by atoms with E-state index in [1.54, 1.807) is 7.05 Å². The Hall–Kier alpha value is -2.19. The quantitative estimate of drug-likeness (QED) is 0.425. The van der Waals surface area contributed by atoms with Gasteiger partial charge in [0.25, 0.3) is 0 Å². The van der Waals surface area contributed by atoms with Crippen molar-refractivity contribution in [3.8, 4) is 0 Å². The highest BCUT2D eigenvalue weighted by atomic mass is 19.1. The number of guanidine groups is 1. The molecule has 144 valence electrons. The zero-order valence-electron chi connectivity index (χ0n) is 15.3. The largest absolute Gasteiger partial charge is 0.469 e. The van der Waals surface area contributed by atoms with Crippen LogP contribution in [0.1, 0.15) is 18.0 Å². The van der Waals surface area contributed by atoms with Gasteiger partial charge in [-0.05, 0) is 17.7 Å². The minimum atomic E-state index is -0.273. The molecule has 1 unspecified atom stereocenters. The predicted octanol–water partition coefficient (Wildman–Crippen LogP) is 0.927. The molecule has 0 spiro atoms. The second-order valence-corrected chi connectivity index (χ2v) is 5.92. The molecule has 0 aromatic heterocycles. The first-order valence-electron chi connectivity index (χ1n) is 8.72. The first-order valence-corrected chi connectivity index (χ1v) is 8.72. The van der Waals surface area contributed by atoms with E-state index in [9.17, 15) is 9.18 Å². The van der Waals surface area contributed by atoms with Crippen molar-refractivity contribution in [1.29, 1.82) is 0 Å². The second kappa shape index (κ2) is 10.7. The average molecular weight is 366 g/mol. The summed E-state index contributed by atoms with van der Waals surface area (Å²) in [6.45, 7) is 4.04. The van der Waals surface area contributed by atoms with Crippen LogP contribution in [0.3, 0.4) is 0 Å². The third-order valence-corrected chi connectivity index (χ3v) is 4.28. The molecule has 1 aromatic carbocycles. The standard InChI is InChI=1S/C18H27FN4O3/c1-20-18(21-8-7-17(24)25-2)22-13-16(23-9-11-26-12-10-23)14-3-5-15(19)6-4-14/h3-6,16H,7-13H2,1-2H3,(H2,20,21,22). The summed E-state index contributed by atoms with van der Waals surface area (Å²) in [5.41, 5.74) is 1.03. The number of halogens is 1. The van der Waals surface area contributed by atoms with Crippen molar-refractivity contribution in [2.24, 2.45) is 4.99 Å². The number of morpholine rings is 1. The first kappa shape index (κ1) is 20.1. The molecule has 0 amide bonds. The Labute approximate surface area is 153 Å². The van der Waals surface area contributed by atoms with Gasteiger partial charge in [0.05, 0.1) is 32.8 Å². The minimum Gasteiger partial charge on any atom is -0.469 e. The van der Waals surface area contributed by atoms with E-state index in [4.69, 9.17) is 4.74 Å². The van der Waals surface area contributed by atoms with E-state index in [1.165, 1.54) is 19.2 Å². The fourth-order valence-electron chi connectivity index (χ4n) is 2.83. The van der Waals surface area contributed by atoms with Crippen LogP contribution in [0.2, 0.25) is 0 Å². The molecule has 0 saturated carbocycles. The lowest BCUT2D eigenvalue weighted by atomic mass is 10.0. The highest BCUT2D eigenvalue weighted by Gasteiger charge is 2.23. The number of ether oxygens (including phenoxy) is 2. The molecule has 0 bridgehead atoms. The predicted molar refractivity (Wildman–Crippen MR) is 97.5 cm³/mol. The summed E-state index contributed by atoms with van der Waals surface area (Å²) < 4.78 is 23.3. The number of rotatable bonds is 7. The van der Waals surface area contributed by atoms with Crippen LogP contribution in [0.25, 0.3) is 0 Å². The van der Waals surface area contributed by atoms with Crippen molar-refractivity contribution < 1.29 is 18.7 Å². The van der Waals surface area contributed by atoms with Gasteiger partial charge in [0.2, 0.25) is 0 Å². The number of hydrogen-bond donors (Lipinski definition) is 2. The fourth-order valence-corrected chi connectivity index (χ4v) is 2.83. The monoisotopic (exact) mass is 366 g/mol. The molecule has 0 aliphatic carbocycles. The minimum absolute atomic E-state index is 0.0682. The van der Waals surface area contributed by atoms with Gasteiger partial charge >= 0.3 is 5.97 Å². The summed E-state index contributed by atoms with van der Waals surface area (Å²) in [6.07, 6.45) is 0.266. The Kier molecular flexibility index (Phi) is 8.30. The van der Waals surface area contributed by atoms with Gasteiger partial charge in [-0.15, -0.1) is 0 Å². The number of carbonyl (C=O) groups is 1. The maximum atomic E-state index is 13.3. The second-order valence-electron chi connectivity index (χ2n) is 5.92. The molecule has 7 nitrogen and oxygen atoms in total. The zero-order valence-corrected chi connectivity index (χ0v) is 15.3. The van der Waals surface area contributed by atoms with E-state index < -0.39 is 0 Å². The maximum Gasteiger partial charge on any atom is 0.307 e. The molecule has 1 atom stereocenters. The maximum absolute atomic E-state index is 13.3. The van der Waals surface area contributed by atoms with E-state index in [-0.39, 0.29) is 24.2 Å². The number of hydrogen-bond acceptors (Lipinski definition) is 5. The van der Waals surface area contributed by atoms with Gasteiger partial charge in [0.1, 0.15) is 5.82 Å². The van der Waals surface area contributed by atoms with Crippen molar-refractivity contribution in [3.63, 3.8) is 0 Å². The number of carbonyl (C=O) groups excluding carboxylic acids is 1. The lowest BCUT2D eigenvalue weighted by Gasteiger charge is -2.35. The van der Waals surface area contributed by atoms with E-state index in [1.807, 2.05) is 12.1 Å². The van der Waals surface area contributed by atoms with Gasteiger partial charge in [-0.2, -0.15) is 0 Å². The molecule has 8 heteroatoms. The summed E-state index contributed by atoms with van der Waals surface area (Å²) in [5, 5.41) is 6.37. The molecular formula is C18H27FN4O3. The van der Waals surface area contributed by atoms with E-state index in [0.717, 1.165) is 18.7 Å². The Bertz CT molecular complexity index is 589. The Morgan fingerprint density at radius 1 is 1.31 bits per heavy atom. The SMILES string of the molecule is CN=C(NCCC(=O)OC)NCC(c1ccc(F)cc1)N1CCOCC1. The molecule has 2 N–H and O–H groups in total. The molecule has 1 aromatic rings. The van der Waals surface area contributed by atoms with Gasteiger partial charge in [0.15, 0.2) is 5.96 Å². The van der Waals surface area contributed by atoms with Gasteiger partial charge in [-0.3, -0.25) is 14.7 Å². The molecule has 1 saturated heterocycles. The lowest BCUT2D eigenvalue weighted by Crippen LogP contribution is -2.46. The molecule has 2 rings (SSSR count). The Morgan fingerprint density at radius 3 is 2.62 bits per heavy atom. The number of nitrogens with zero attached hydrogens (tertiary/aromatic N) is 2. The highest BCUT2D eigenvalue weighted by Crippen LogP contribution is 2.21. The van der Waals surface area contributed by atoms with Crippen LogP contribution in [0, 0.1) is 5.82 Å². The topological polar surface area (TPSA) is 75.2 Å². The molecule has 26 heavy (non-hydrogen) atoms. The molecule has 1 heterocycles. The van der Waals surface area contributed by atoms with Crippen LogP contribution in [0.5, 0.6) is 0 Å². The highest BCUT2D eigenvalue weighted by molar-refractivity contribution is 5.80. The van der Waals surface area contributed by atoms with Crippen molar-refractivity contribution >= 4 is 11.9 Å². The summed E-state index contributed by atoms with van der Waals surface area (Å²) in [4.78, 5) is 17.7. The third kappa shape index (κ3) is 6.27. The lowest BCUT2D eigenvalue weighted by molar-refractivity contribution is -0.140. The van der Waals surface area contributed by atoms with E-state index in [0.29, 0.717) is 32.3 Å². The van der Waals surface area contributed by atoms with Gasteiger partial charge in [-0.25, -0.2) is 4.39 Å². The Morgan fingerprint density at radius 2 is 2.00 bits per heavy atom. The molecule has 1 fully saturated rings. The summed E-state index contributed by atoms with van der Waals surface area (Å²) in [6, 6.07) is 6.65. The number of nitrogens with one attached hydrogen (secondary N) is 2. The van der Waals surface area contributed by atoms with Crippen LogP contribution >= 0.6 is 0 Å². The van der Waals surface area contributed by atoms with Crippen molar-refractivity contribution in [1.82, 2.24) is 15.5 Å². The normalized spacial score (nSPS) is 16.8. The van der Waals surface area contributed by atoms with Gasteiger partial charge in [0, 0.05) is 33.2 Å². The summed E-state index contributed by atoms with van der Waals surface area (Å²) in [7, 11) is 3.04. The van der Waals surface area contributed by atoms with Crippen LogP contribution in [0.15, 0.2) is 29.3 Å². The Balaban J connectivity index is 1.96. The molecular weight excluding hydrogens is 339 g/mol. The van der Waals surface area contributed by atoms with Crippen LogP contribution in [0.4, 0.5) is 4.39 Å². The van der Waals surface area contributed by atoms with Crippen molar-refractivity contribution in [2.45, 2.75) is 12.5 Å². The number of aliphatic imine (C=N–C) groups is 1. The van der Waals surface area contributed by atoms with Crippen molar-refractivity contribution in [3.05, 3.63) is 35.6 Å². The summed E-state index contributed by atoms with van der Waals surface area (Å²) >= 11 is 0. The smallest absolute Gasteiger partial charge is 0.307 e. The molecule has 0 radical (unpaired) electrons. The van der Waals surface area contributed by atoms with Gasteiger partial charge < -0.3 is 20.1 Å². The third-order valence-electron chi connectivity index (χ3n) is 4.28. The average Bonchev–Trinajstić information content (AvgIpc) is 2.68. The summed E-state index contributed by atoms with van der Waals surface area (Å²) in [5.74, 6) is 0.0856. The zero-order chi connectivity index (χ0) is 18.8.